The molecule has 0 radical (unpaired) electrons. The number of allylic oxidation sites excluding steroid dienone is 2. The van der Waals surface area contributed by atoms with Gasteiger partial charge in [0.05, 0.1) is 4.88 Å². The van der Waals surface area contributed by atoms with Crippen molar-refractivity contribution in [3.63, 3.8) is 0 Å². The Kier molecular flexibility index (Phi) is 3.34. The lowest BCUT2D eigenvalue weighted by Crippen LogP contribution is -2.39. The fourth-order valence-electron chi connectivity index (χ4n) is 3.80. The summed E-state index contributed by atoms with van der Waals surface area (Å²) >= 11 is 1.72. The quantitative estimate of drug-likeness (QED) is 0.636. The zero-order valence-electron chi connectivity index (χ0n) is 15.0. The van der Waals surface area contributed by atoms with E-state index in [4.69, 9.17) is 4.74 Å². The van der Waals surface area contributed by atoms with Crippen LogP contribution in [0.25, 0.3) is 23.0 Å². The summed E-state index contributed by atoms with van der Waals surface area (Å²) in [5, 5.41) is 4.54. The molecule has 0 atom stereocenters. The average molecular weight is 357 g/mol. The van der Waals surface area contributed by atoms with Gasteiger partial charge in [-0.25, -0.2) is 0 Å². The highest BCUT2D eigenvalue weighted by Gasteiger charge is 2.23. The predicted molar refractivity (Wildman–Crippen MR) is 110 cm³/mol. The molecule has 0 aliphatic carbocycles. The second-order valence-electron chi connectivity index (χ2n) is 6.80. The molecule has 0 amide bonds. The molecule has 3 heterocycles. The van der Waals surface area contributed by atoms with E-state index < -0.39 is 0 Å². The van der Waals surface area contributed by atoms with Crippen molar-refractivity contribution in [2.24, 2.45) is 0 Å². The van der Waals surface area contributed by atoms with Gasteiger partial charge in [-0.1, -0.05) is 30.3 Å². The lowest BCUT2D eigenvalue weighted by atomic mass is 9.94. The second kappa shape index (κ2) is 5.61. The summed E-state index contributed by atoms with van der Waals surface area (Å²) < 4.78 is 6.44. The number of hydrogen-bond donors (Lipinski definition) is 0. The number of rotatable bonds is 1. The molecule has 0 saturated heterocycles. The van der Waals surface area contributed by atoms with Crippen molar-refractivity contribution in [1.29, 1.82) is 0 Å². The van der Waals surface area contributed by atoms with Gasteiger partial charge in [-0.05, 0) is 54.6 Å². The minimum absolute atomic E-state index is 0.927. The van der Waals surface area contributed by atoms with E-state index in [1.54, 1.807) is 11.3 Å². The van der Waals surface area contributed by atoms with E-state index in [2.05, 4.69) is 79.7 Å². The first-order valence-electron chi connectivity index (χ1n) is 8.76. The van der Waals surface area contributed by atoms with Crippen LogP contribution in [0.2, 0.25) is 0 Å². The van der Waals surface area contributed by atoms with Gasteiger partial charge in [0.15, 0.2) is 5.76 Å². The molecular weight excluding hydrogens is 338 g/mol. The maximum atomic E-state index is 6.44. The van der Waals surface area contributed by atoms with Crippen molar-refractivity contribution in [2.45, 2.75) is 13.8 Å². The Balaban J connectivity index is 1.98. The van der Waals surface area contributed by atoms with Gasteiger partial charge in [-0.15, -0.1) is 11.3 Å². The van der Waals surface area contributed by atoms with Gasteiger partial charge < -0.3 is 9.64 Å². The third-order valence-electron chi connectivity index (χ3n) is 5.38. The Morgan fingerprint density at radius 2 is 1.77 bits per heavy atom. The first-order valence-corrected chi connectivity index (χ1v) is 9.64. The van der Waals surface area contributed by atoms with Crippen LogP contribution in [-0.4, -0.2) is 7.05 Å². The molecule has 0 unspecified atom stereocenters. The van der Waals surface area contributed by atoms with Gasteiger partial charge in [0.1, 0.15) is 5.75 Å². The predicted octanol–water partition coefficient (Wildman–Crippen LogP) is 4.49. The highest BCUT2D eigenvalue weighted by molar-refractivity contribution is 7.11. The van der Waals surface area contributed by atoms with Gasteiger partial charge in [0.25, 0.3) is 0 Å². The van der Waals surface area contributed by atoms with Crippen molar-refractivity contribution in [3.05, 3.63) is 80.5 Å². The molecule has 0 bridgehead atoms. The minimum atomic E-state index is 0.927. The SMILES string of the molecule is CC1=C(C)N(C)c2ccc3c(c2=C1)=C(c1cccs1)Oc1ccccc1-3. The van der Waals surface area contributed by atoms with Crippen LogP contribution in [0.15, 0.2) is 65.2 Å². The van der Waals surface area contributed by atoms with Crippen molar-refractivity contribution >= 4 is 28.9 Å². The zero-order chi connectivity index (χ0) is 17.8. The number of benzene rings is 2. The molecule has 2 aliphatic heterocycles. The molecule has 2 aromatic carbocycles. The maximum absolute atomic E-state index is 6.44. The van der Waals surface area contributed by atoms with Crippen LogP contribution < -0.4 is 20.1 Å². The molecule has 0 spiro atoms. The molecule has 3 aromatic rings. The van der Waals surface area contributed by atoms with Crippen molar-refractivity contribution in [3.8, 4) is 16.9 Å². The largest absolute Gasteiger partial charge is 0.455 e. The third kappa shape index (κ3) is 2.10. The van der Waals surface area contributed by atoms with Crippen LogP contribution in [0.4, 0.5) is 5.69 Å². The first kappa shape index (κ1) is 15.5. The van der Waals surface area contributed by atoms with E-state index in [1.807, 2.05) is 6.07 Å². The Bertz CT molecular complexity index is 1190. The standard InChI is InChI=1S/C23H19NOS/c1-14-13-18-19(24(3)15(14)2)11-10-17-16-7-4-5-8-20(16)25-23(22(17)18)21-9-6-12-26-21/h4-13H,1-3H3. The molecule has 2 aliphatic rings. The van der Waals surface area contributed by atoms with E-state index in [-0.39, 0.29) is 0 Å². The molecule has 1 aromatic heterocycles. The molecule has 0 saturated carbocycles. The highest BCUT2D eigenvalue weighted by Crippen LogP contribution is 2.36. The first-order chi connectivity index (χ1) is 12.6. The van der Waals surface area contributed by atoms with Crippen molar-refractivity contribution in [2.75, 3.05) is 11.9 Å². The molecule has 0 N–H and O–H groups in total. The Morgan fingerprint density at radius 1 is 0.923 bits per heavy atom. The van der Waals surface area contributed by atoms with Gasteiger partial charge in [0, 0.05) is 34.4 Å². The lowest BCUT2D eigenvalue weighted by Gasteiger charge is -2.28. The summed E-state index contributed by atoms with van der Waals surface area (Å²) in [6.45, 7) is 4.35. The molecule has 26 heavy (non-hydrogen) atoms. The number of anilines is 1. The number of ether oxygens (including phenoxy) is 1. The third-order valence-corrected chi connectivity index (χ3v) is 6.25. The highest BCUT2D eigenvalue weighted by atomic mass is 32.1. The van der Waals surface area contributed by atoms with E-state index in [0.717, 1.165) is 21.9 Å². The van der Waals surface area contributed by atoms with Gasteiger partial charge in [-0.2, -0.15) is 0 Å². The Morgan fingerprint density at radius 3 is 2.58 bits per heavy atom. The smallest absolute Gasteiger partial charge is 0.153 e. The molecule has 128 valence electrons. The number of fused-ring (bicyclic) bond motifs is 5. The summed E-state index contributed by atoms with van der Waals surface area (Å²) in [4.78, 5) is 3.44. The number of nitrogens with zero attached hydrogens (tertiary/aromatic N) is 1. The topological polar surface area (TPSA) is 12.5 Å². The second-order valence-corrected chi connectivity index (χ2v) is 7.75. The van der Waals surface area contributed by atoms with E-state index >= 15 is 0 Å². The monoisotopic (exact) mass is 357 g/mol. The van der Waals surface area contributed by atoms with Crippen molar-refractivity contribution in [1.82, 2.24) is 0 Å². The van der Waals surface area contributed by atoms with Crippen LogP contribution in [0.1, 0.15) is 18.7 Å². The zero-order valence-corrected chi connectivity index (χ0v) is 15.9. The number of thiophene rings is 1. The normalized spacial score (nSPS) is 15.0. The number of para-hydroxylation sites is 1. The fourth-order valence-corrected chi connectivity index (χ4v) is 4.51. The van der Waals surface area contributed by atoms with Crippen LogP contribution in [0.3, 0.4) is 0 Å². The molecular formula is C23H19NOS. The lowest BCUT2D eigenvalue weighted by molar-refractivity contribution is 0.510. The molecule has 0 fully saturated rings. The van der Waals surface area contributed by atoms with E-state index in [1.165, 1.54) is 33.0 Å². The Labute approximate surface area is 157 Å². The average Bonchev–Trinajstić information content (AvgIpc) is 3.20. The summed E-state index contributed by atoms with van der Waals surface area (Å²) in [6.07, 6.45) is 2.30. The summed E-state index contributed by atoms with van der Waals surface area (Å²) in [6, 6.07) is 17.0. The van der Waals surface area contributed by atoms with Gasteiger partial charge in [-0.3, -0.25) is 0 Å². The summed E-state index contributed by atoms with van der Waals surface area (Å²) in [5.74, 6) is 1.89. The van der Waals surface area contributed by atoms with Crippen LogP contribution in [0.5, 0.6) is 5.75 Å². The summed E-state index contributed by atoms with van der Waals surface area (Å²) in [5.41, 5.74) is 6.20. The maximum Gasteiger partial charge on any atom is 0.153 e. The Hall–Kier alpha value is -2.78. The molecule has 5 rings (SSSR count). The van der Waals surface area contributed by atoms with E-state index in [0.29, 0.717) is 0 Å². The van der Waals surface area contributed by atoms with E-state index in [9.17, 15) is 0 Å². The fraction of sp³-hybridized carbons (Fsp3) is 0.130. The molecule has 2 nitrogen and oxygen atoms in total. The minimum Gasteiger partial charge on any atom is -0.455 e. The summed E-state index contributed by atoms with van der Waals surface area (Å²) in [7, 11) is 2.14. The van der Waals surface area contributed by atoms with Crippen LogP contribution >= 0.6 is 11.3 Å². The molecule has 3 heteroatoms. The van der Waals surface area contributed by atoms with Crippen molar-refractivity contribution < 1.29 is 4.74 Å². The van der Waals surface area contributed by atoms with Crippen LogP contribution in [0, 0.1) is 0 Å². The van der Waals surface area contributed by atoms with Crippen LogP contribution in [-0.2, 0) is 0 Å². The van der Waals surface area contributed by atoms with Gasteiger partial charge in [0.2, 0.25) is 0 Å². The van der Waals surface area contributed by atoms with Gasteiger partial charge >= 0.3 is 0 Å². The number of hydrogen-bond acceptors (Lipinski definition) is 3.